The van der Waals surface area contributed by atoms with Crippen LogP contribution in [-0.2, 0) is 9.59 Å². The van der Waals surface area contributed by atoms with Crippen molar-refractivity contribution in [2.45, 2.75) is 39.2 Å². The Hall–Kier alpha value is -1.46. The average molecular weight is 387 g/mol. The van der Waals surface area contributed by atoms with Gasteiger partial charge in [-0.15, -0.1) is 0 Å². The molecule has 0 bridgehead atoms. The summed E-state index contributed by atoms with van der Waals surface area (Å²) in [5.74, 6) is 0.832. The zero-order valence-electron chi connectivity index (χ0n) is 14.6. The number of carbonyl (C=O) groups is 2. The fourth-order valence-corrected chi connectivity index (χ4v) is 3.11. The second kappa shape index (κ2) is 9.30. The zero-order valence-corrected chi connectivity index (χ0v) is 16.1. The lowest BCUT2D eigenvalue weighted by Gasteiger charge is -2.31. The van der Waals surface area contributed by atoms with Crippen molar-refractivity contribution in [3.8, 4) is 5.75 Å². The number of likely N-dealkylation sites (tertiary alicyclic amines) is 1. The normalized spacial score (nSPS) is 18.6. The first-order valence-electron chi connectivity index (χ1n) is 8.54. The molecule has 2 unspecified atom stereocenters. The lowest BCUT2D eigenvalue weighted by atomic mass is 10.00. The molecule has 138 valence electrons. The molecular weight excluding hydrogens is 363 g/mol. The molecular formula is C18H24Cl2N2O3. The van der Waals surface area contributed by atoms with Crippen LogP contribution in [0, 0.1) is 5.92 Å². The van der Waals surface area contributed by atoms with Crippen LogP contribution in [0.1, 0.15) is 33.1 Å². The SMILES string of the molecule is CC1CCCN(C(=O)CCNC(=O)C(C)Oc2ccc(Cl)c(Cl)c2)C1. The molecule has 2 amide bonds. The number of benzene rings is 1. The van der Waals surface area contributed by atoms with E-state index in [4.69, 9.17) is 27.9 Å². The van der Waals surface area contributed by atoms with Gasteiger partial charge in [-0.2, -0.15) is 0 Å². The summed E-state index contributed by atoms with van der Waals surface area (Å²) in [7, 11) is 0. The molecule has 0 aromatic heterocycles. The van der Waals surface area contributed by atoms with E-state index in [1.165, 1.54) is 6.42 Å². The quantitative estimate of drug-likeness (QED) is 0.813. The van der Waals surface area contributed by atoms with Gasteiger partial charge in [0, 0.05) is 32.1 Å². The first-order chi connectivity index (χ1) is 11.9. The summed E-state index contributed by atoms with van der Waals surface area (Å²) < 4.78 is 5.55. The molecule has 1 heterocycles. The van der Waals surface area contributed by atoms with E-state index < -0.39 is 6.10 Å². The molecule has 5 nitrogen and oxygen atoms in total. The summed E-state index contributed by atoms with van der Waals surface area (Å²) in [5, 5.41) is 3.54. The molecule has 2 atom stereocenters. The van der Waals surface area contributed by atoms with Gasteiger partial charge >= 0.3 is 0 Å². The lowest BCUT2D eigenvalue weighted by molar-refractivity contribution is -0.133. The summed E-state index contributed by atoms with van der Waals surface area (Å²) in [6.07, 6.45) is 1.83. The van der Waals surface area contributed by atoms with Crippen LogP contribution in [0.15, 0.2) is 18.2 Å². The van der Waals surface area contributed by atoms with E-state index in [0.29, 0.717) is 34.7 Å². The molecule has 1 aromatic rings. The van der Waals surface area contributed by atoms with Crippen molar-refractivity contribution in [3.63, 3.8) is 0 Å². The highest BCUT2D eigenvalue weighted by Gasteiger charge is 2.21. The number of amides is 2. The van der Waals surface area contributed by atoms with Crippen LogP contribution in [0.3, 0.4) is 0 Å². The van der Waals surface area contributed by atoms with Gasteiger partial charge < -0.3 is 15.0 Å². The topological polar surface area (TPSA) is 58.6 Å². The second-order valence-electron chi connectivity index (χ2n) is 6.46. The van der Waals surface area contributed by atoms with Crippen molar-refractivity contribution in [2.24, 2.45) is 5.92 Å². The van der Waals surface area contributed by atoms with Crippen LogP contribution in [-0.4, -0.2) is 42.5 Å². The monoisotopic (exact) mass is 386 g/mol. The van der Waals surface area contributed by atoms with Gasteiger partial charge in [-0.3, -0.25) is 9.59 Å². The summed E-state index contributed by atoms with van der Waals surface area (Å²) in [6, 6.07) is 4.83. The Bertz CT molecular complexity index is 624. The molecule has 1 N–H and O–H groups in total. The molecule has 1 aromatic carbocycles. The molecule has 1 fully saturated rings. The second-order valence-corrected chi connectivity index (χ2v) is 7.28. The number of rotatable bonds is 6. The Balaban J connectivity index is 1.73. The molecule has 7 heteroatoms. The van der Waals surface area contributed by atoms with Crippen molar-refractivity contribution in [1.29, 1.82) is 0 Å². The molecule has 2 rings (SSSR count). The highest BCUT2D eigenvalue weighted by Crippen LogP contribution is 2.26. The minimum absolute atomic E-state index is 0.0879. The van der Waals surface area contributed by atoms with Gasteiger partial charge in [0.1, 0.15) is 5.75 Å². The van der Waals surface area contributed by atoms with Crippen molar-refractivity contribution >= 4 is 35.0 Å². The van der Waals surface area contributed by atoms with Crippen molar-refractivity contribution in [1.82, 2.24) is 10.2 Å². The van der Waals surface area contributed by atoms with E-state index in [1.807, 2.05) is 4.90 Å². The van der Waals surface area contributed by atoms with Gasteiger partial charge in [0.25, 0.3) is 5.91 Å². The van der Waals surface area contributed by atoms with Gasteiger partial charge in [0.05, 0.1) is 10.0 Å². The smallest absolute Gasteiger partial charge is 0.260 e. The standard InChI is InChI=1S/C18H24Cl2N2O3/c1-12-4-3-9-22(11-12)17(23)7-8-21-18(24)13(2)25-14-5-6-15(19)16(20)10-14/h5-6,10,12-13H,3-4,7-9,11H2,1-2H3,(H,21,24). The van der Waals surface area contributed by atoms with E-state index >= 15 is 0 Å². The minimum Gasteiger partial charge on any atom is -0.481 e. The van der Waals surface area contributed by atoms with Gasteiger partial charge in [-0.05, 0) is 37.8 Å². The van der Waals surface area contributed by atoms with Gasteiger partial charge in [0.2, 0.25) is 5.91 Å². The van der Waals surface area contributed by atoms with Gasteiger partial charge in [-0.25, -0.2) is 0 Å². The average Bonchev–Trinajstić information content (AvgIpc) is 2.58. The van der Waals surface area contributed by atoms with E-state index in [9.17, 15) is 9.59 Å². The fourth-order valence-electron chi connectivity index (χ4n) is 2.82. The number of nitrogens with one attached hydrogen (secondary N) is 1. The maximum Gasteiger partial charge on any atom is 0.260 e. The van der Waals surface area contributed by atoms with Crippen LogP contribution in [0.4, 0.5) is 0 Å². The molecule has 1 aliphatic heterocycles. The predicted octanol–water partition coefficient (Wildman–Crippen LogP) is 3.53. The van der Waals surface area contributed by atoms with E-state index in [0.717, 1.165) is 19.5 Å². The molecule has 1 saturated heterocycles. The summed E-state index contributed by atoms with van der Waals surface area (Å²) in [6.45, 7) is 5.73. The summed E-state index contributed by atoms with van der Waals surface area (Å²) >= 11 is 11.8. The third-order valence-corrected chi connectivity index (χ3v) is 4.96. The Labute approximate surface area is 158 Å². The fraction of sp³-hybridized carbons (Fsp3) is 0.556. The van der Waals surface area contributed by atoms with Crippen LogP contribution in [0.5, 0.6) is 5.75 Å². The first-order valence-corrected chi connectivity index (χ1v) is 9.29. The minimum atomic E-state index is -0.692. The Morgan fingerprint density at radius 3 is 2.80 bits per heavy atom. The molecule has 0 spiro atoms. The third kappa shape index (κ3) is 6.08. The Kier molecular flexibility index (Phi) is 7.38. The van der Waals surface area contributed by atoms with Gasteiger partial charge in [0.15, 0.2) is 6.10 Å². The highest BCUT2D eigenvalue weighted by molar-refractivity contribution is 6.42. The Morgan fingerprint density at radius 2 is 2.12 bits per heavy atom. The van der Waals surface area contributed by atoms with Crippen molar-refractivity contribution in [3.05, 3.63) is 28.2 Å². The van der Waals surface area contributed by atoms with Crippen LogP contribution < -0.4 is 10.1 Å². The Morgan fingerprint density at radius 1 is 1.36 bits per heavy atom. The summed E-state index contributed by atoms with van der Waals surface area (Å²) in [5.41, 5.74) is 0. The van der Waals surface area contributed by atoms with Crippen LogP contribution >= 0.6 is 23.2 Å². The number of piperidine rings is 1. The van der Waals surface area contributed by atoms with Gasteiger partial charge in [-0.1, -0.05) is 30.1 Å². The van der Waals surface area contributed by atoms with Crippen LogP contribution in [0.25, 0.3) is 0 Å². The number of ether oxygens (including phenoxy) is 1. The number of hydrogen-bond acceptors (Lipinski definition) is 3. The molecule has 0 radical (unpaired) electrons. The summed E-state index contributed by atoms with van der Waals surface area (Å²) in [4.78, 5) is 26.1. The van der Waals surface area contributed by atoms with Crippen molar-refractivity contribution in [2.75, 3.05) is 19.6 Å². The number of hydrogen-bond donors (Lipinski definition) is 1. The third-order valence-electron chi connectivity index (χ3n) is 4.22. The maximum absolute atomic E-state index is 12.2. The predicted molar refractivity (Wildman–Crippen MR) is 99.2 cm³/mol. The number of nitrogens with zero attached hydrogens (tertiary/aromatic N) is 1. The van der Waals surface area contributed by atoms with E-state index in [-0.39, 0.29) is 11.8 Å². The zero-order chi connectivity index (χ0) is 18.4. The molecule has 0 aliphatic carbocycles. The number of carbonyl (C=O) groups excluding carboxylic acids is 2. The highest BCUT2D eigenvalue weighted by atomic mass is 35.5. The first kappa shape index (κ1) is 19.9. The number of halogens is 2. The molecule has 0 saturated carbocycles. The van der Waals surface area contributed by atoms with E-state index in [2.05, 4.69) is 12.2 Å². The lowest BCUT2D eigenvalue weighted by Crippen LogP contribution is -2.42. The molecule has 25 heavy (non-hydrogen) atoms. The maximum atomic E-state index is 12.2. The van der Waals surface area contributed by atoms with Crippen molar-refractivity contribution < 1.29 is 14.3 Å². The van der Waals surface area contributed by atoms with Crippen LogP contribution in [0.2, 0.25) is 10.0 Å². The van der Waals surface area contributed by atoms with E-state index in [1.54, 1.807) is 25.1 Å². The largest absolute Gasteiger partial charge is 0.481 e. The molecule has 1 aliphatic rings.